The van der Waals surface area contributed by atoms with Gasteiger partial charge in [0.15, 0.2) is 5.78 Å². The minimum atomic E-state index is -0.716. The lowest BCUT2D eigenvalue weighted by Gasteiger charge is -2.27. The van der Waals surface area contributed by atoms with Crippen molar-refractivity contribution in [1.29, 1.82) is 0 Å². The zero-order chi connectivity index (χ0) is 22.5. The molecular weight excluding hydrogens is 406 g/mol. The van der Waals surface area contributed by atoms with Crippen molar-refractivity contribution in [3.63, 3.8) is 0 Å². The van der Waals surface area contributed by atoms with Crippen molar-refractivity contribution in [2.24, 2.45) is 5.41 Å². The molecule has 0 saturated carbocycles. The van der Waals surface area contributed by atoms with Gasteiger partial charge in [0.1, 0.15) is 13.3 Å². The Morgan fingerprint density at radius 1 is 1.17 bits per heavy atom. The van der Waals surface area contributed by atoms with E-state index in [1.165, 1.54) is 12.2 Å². The lowest BCUT2D eigenvalue weighted by Crippen LogP contribution is -2.28. The molecule has 2 rings (SSSR count). The van der Waals surface area contributed by atoms with Gasteiger partial charge in [0.2, 0.25) is 0 Å². The summed E-state index contributed by atoms with van der Waals surface area (Å²) < 4.78 is 26.4. The Balaban J connectivity index is 2.71. The molecule has 0 saturated heterocycles. The van der Waals surface area contributed by atoms with E-state index in [0.717, 1.165) is 17.5 Å². The van der Waals surface area contributed by atoms with Crippen LogP contribution in [0.25, 0.3) is 0 Å². The molecule has 0 bridgehead atoms. The summed E-state index contributed by atoms with van der Waals surface area (Å²) in [5.74, 6) is -0.0110. The second kappa shape index (κ2) is 10.3. The Hall–Kier alpha value is -2.14. The molecule has 30 heavy (non-hydrogen) atoms. The summed E-state index contributed by atoms with van der Waals surface area (Å²) in [6.07, 6.45) is 3.76. The molecule has 1 aromatic carbocycles. The summed E-state index contributed by atoms with van der Waals surface area (Å²) in [7, 11) is 0. The van der Waals surface area contributed by atoms with Crippen LogP contribution in [0.4, 0.5) is 8.78 Å². The smallest absolute Gasteiger partial charge is 0.163 e. The van der Waals surface area contributed by atoms with Crippen molar-refractivity contribution in [1.82, 2.24) is 10.6 Å². The van der Waals surface area contributed by atoms with Gasteiger partial charge in [0.05, 0.1) is 17.4 Å². The third-order valence-electron chi connectivity index (χ3n) is 4.96. The lowest BCUT2D eigenvalue weighted by molar-refractivity contribution is -0.117. The number of hydrogen-bond donors (Lipinski definition) is 2. The molecule has 0 fully saturated rings. The van der Waals surface area contributed by atoms with Gasteiger partial charge in [-0.05, 0) is 54.2 Å². The summed E-state index contributed by atoms with van der Waals surface area (Å²) in [5.41, 5.74) is 3.72. The van der Waals surface area contributed by atoms with E-state index in [1.807, 2.05) is 39.8 Å². The summed E-state index contributed by atoms with van der Waals surface area (Å²) in [5, 5.41) is 7.06. The zero-order valence-corrected chi connectivity index (χ0v) is 19.1. The predicted octanol–water partition coefficient (Wildman–Crippen LogP) is 6.12. The average molecular weight is 437 g/mol. The third-order valence-corrected chi connectivity index (χ3v) is 5.19. The number of alkyl halides is 2. The van der Waals surface area contributed by atoms with Gasteiger partial charge in [-0.1, -0.05) is 45.4 Å². The molecular formula is C24H31ClF2N2O. The van der Waals surface area contributed by atoms with E-state index in [1.54, 1.807) is 13.0 Å². The van der Waals surface area contributed by atoms with E-state index in [0.29, 0.717) is 34.1 Å². The van der Waals surface area contributed by atoms with Crippen LogP contribution in [0.1, 0.15) is 58.2 Å². The van der Waals surface area contributed by atoms with Crippen molar-refractivity contribution in [2.45, 2.75) is 53.5 Å². The molecule has 1 aliphatic rings. The molecule has 0 aromatic heterocycles. The molecule has 3 nitrogen and oxygen atoms in total. The van der Waals surface area contributed by atoms with Gasteiger partial charge in [-0.2, -0.15) is 0 Å². The molecule has 1 heterocycles. The Bertz CT molecular complexity index is 882. The number of allylic oxidation sites excluding steroid dienone is 3. The van der Waals surface area contributed by atoms with Crippen LogP contribution >= 0.6 is 11.6 Å². The molecule has 1 aliphatic heterocycles. The Kier molecular flexibility index (Phi) is 8.25. The maximum absolute atomic E-state index is 13.4. The van der Waals surface area contributed by atoms with E-state index in [-0.39, 0.29) is 11.2 Å². The number of ketones is 1. The summed E-state index contributed by atoms with van der Waals surface area (Å²) >= 11 is 6.20. The summed E-state index contributed by atoms with van der Waals surface area (Å²) in [6.45, 7) is 8.42. The molecule has 0 spiro atoms. The standard InChI is InChI=1S/C24H31ClF2N2O/c1-6-16-13-17(25)7-8-18(16)23-22(21(30)14-24(3,4)5)15(2)28-19(9-11-26)20(29-23)10-12-27/h7-10,13,23,28-29H,6,11-12,14H2,1-5H3/b19-9+,20-10+. The van der Waals surface area contributed by atoms with Crippen molar-refractivity contribution >= 4 is 17.4 Å². The first kappa shape index (κ1) is 24.1. The van der Waals surface area contributed by atoms with Gasteiger partial charge in [-0.15, -0.1) is 0 Å². The number of carbonyl (C=O) groups excluding carboxylic acids is 1. The number of rotatable bonds is 6. The number of aryl methyl sites for hydroxylation is 1. The van der Waals surface area contributed by atoms with E-state index in [9.17, 15) is 13.6 Å². The maximum Gasteiger partial charge on any atom is 0.163 e. The number of benzene rings is 1. The highest BCUT2D eigenvalue weighted by atomic mass is 35.5. The topological polar surface area (TPSA) is 41.1 Å². The lowest BCUT2D eigenvalue weighted by atomic mass is 9.83. The van der Waals surface area contributed by atoms with Crippen LogP contribution in [-0.4, -0.2) is 19.1 Å². The molecule has 2 N–H and O–H groups in total. The number of Topliss-reactive ketones (excluding diaryl/α,β-unsaturated/α-hetero) is 1. The van der Waals surface area contributed by atoms with Crippen LogP contribution < -0.4 is 10.6 Å². The van der Waals surface area contributed by atoms with Crippen molar-refractivity contribution in [3.8, 4) is 0 Å². The fourth-order valence-corrected chi connectivity index (χ4v) is 3.88. The maximum atomic E-state index is 13.4. The second-order valence-corrected chi connectivity index (χ2v) is 9.08. The minimum absolute atomic E-state index is 0.0110. The van der Waals surface area contributed by atoms with Gasteiger partial charge >= 0.3 is 0 Å². The zero-order valence-electron chi connectivity index (χ0n) is 18.3. The third kappa shape index (κ3) is 5.94. The first-order valence-corrected chi connectivity index (χ1v) is 10.6. The van der Waals surface area contributed by atoms with Crippen molar-refractivity contribution in [2.75, 3.05) is 13.3 Å². The SMILES string of the molecule is CCc1cc(Cl)ccc1C1NC(=C/CF)/C(=C\CF)NC(C)=C1C(=O)CC(C)(C)C. The summed E-state index contributed by atoms with van der Waals surface area (Å²) in [6, 6.07) is 5.05. The first-order valence-electron chi connectivity index (χ1n) is 10.2. The summed E-state index contributed by atoms with van der Waals surface area (Å²) in [4.78, 5) is 13.4. The van der Waals surface area contributed by atoms with Gasteiger partial charge in [0, 0.05) is 22.7 Å². The van der Waals surface area contributed by atoms with Gasteiger partial charge in [-0.25, -0.2) is 8.78 Å². The number of nitrogens with one attached hydrogen (secondary N) is 2. The van der Waals surface area contributed by atoms with E-state index >= 15 is 0 Å². The monoisotopic (exact) mass is 436 g/mol. The fourth-order valence-electron chi connectivity index (χ4n) is 3.69. The fraction of sp³-hybridized carbons (Fsp3) is 0.458. The van der Waals surface area contributed by atoms with Crippen LogP contribution in [0.3, 0.4) is 0 Å². The van der Waals surface area contributed by atoms with Crippen LogP contribution in [0, 0.1) is 5.41 Å². The molecule has 0 amide bonds. The van der Waals surface area contributed by atoms with E-state index in [2.05, 4.69) is 10.6 Å². The van der Waals surface area contributed by atoms with Gasteiger partial charge in [0.25, 0.3) is 0 Å². The van der Waals surface area contributed by atoms with Crippen LogP contribution in [0.2, 0.25) is 5.02 Å². The van der Waals surface area contributed by atoms with E-state index in [4.69, 9.17) is 11.6 Å². The van der Waals surface area contributed by atoms with E-state index < -0.39 is 19.4 Å². The molecule has 1 atom stereocenters. The molecule has 1 aromatic rings. The van der Waals surface area contributed by atoms with Crippen LogP contribution in [-0.2, 0) is 11.2 Å². The largest absolute Gasteiger partial charge is 0.372 e. The molecule has 1 unspecified atom stereocenters. The highest BCUT2D eigenvalue weighted by molar-refractivity contribution is 6.30. The van der Waals surface area contributed by atoms with Crippen molar-refractivity contribution < 1.29 is 13.6 Å². The highest BCUT2D eigenvalue weighted by Gasteiger charge is 2.32. The average Bonchev–Trinajstić information content (AvgIpc) is 2.77. The first-order chi connectivity index (χ1) is 14.1. The van der Waals surface area contributed by atoms with Crippen molar-refractivity contribution in [3.05, 3.63) is 69.2 Å². The highest BCUT2D eigenvalue weighted by Crippen LogP contribution is 2.35. The Labute approximate surface area is 183 Å². The second-order valence-electron chi connectivity index (χ2n) is 8.64. The van der Waals surface area contributed by atoms with Crippen LogP contribution in [0.5, 0.6) is 0 Å². The molecule has 0 radical (unpaired) electrons. The number of halogens is 3. The van der Waals surface area contributed by atoms with Gasteiger partial charge < -0.3 is 10.6 Å². The quantitative estimate of drug-likeness (QED) is 0.564. The Morgan fingerprint density at radius 2 is 1.80 bits per heavy atom. The normalized spacial score (nSPS) is 20.2. The van der Waals surface area contributed by atoms with Crippen LogP contribution in [0.15, 0.2) is 53.0 Å². The number of hydrogen-bond acceptors (Lipinski definition) is 3. The predicted molar refractivity (Wildman–Crippen MR) is 120 cm³/mol. The van der Waals surface area contributed by atoms with Gasteiger partial charge in [-0.3, -0.25) is 4.79 Å². The molecule has 164 valence electrons. The number of carbonyl (C=O) groups is 1. The molecule has 6 heteroatoms. The molecule has 0 aliphatic carbocycles. The Morgan fingerprint density at radius 3 is 2.37 bits per heavy atom. The minimum Gasteiger partial charge on any atom is -0.372 e.